The molecule has 0 saturated carbocycles. The van der Waals surface area contributed by atoms with Crippen LogP contribution in [0, 0.1) is 11.6 Å². The molecule has 1 aromatic rings. The van der Waals surface area contributed by atoms with Gasteiger partial charge in [-0.05, 0) is 32.9 Å². The van der Waals surface area contributed by atoms with Gasteiger partial charge in [0, 0.05) is 6.54 Å². The molecule has 1 aliphatic rings. The largest absolute Gasteiger partial charge is 0.444 e. The van der Waals surface area contributed by atoms with E-state index in [1.54, 1.807) is 20.8 Å². The first kappa shape index (κ1) is 17.6. The zero-order chi connectivity index (χ0) is 17.2. The van der Waals surface area contributed by atoms with Crippen LogP contribution in [0.1, 0.15) is 32.4 Å². The molecule has 7 heteroatoms. The minimum atomic E-state index is -1.55. The summed E-state index contributed by atoms with van der Waals surface area (Å²) in [5.74, 6) is -1.74. The molecular formula is C16H21F2NO4. The van der Waals surface area contributed by atoms with Crippen molar-refractivity contribution in [2.24, 2.45) is 0 Å². The molecule has 5 nitrogen and oxygen atoms in total. The lowest BCUT2D eigenvalue weighted by Crippen LogP contribution is -2.53. The van der Waals surface area contributed by atoms with E-state index in [0.29, 0.717) is 0 Å². The summed E-state index contributed by atoms with van der Waals surface area (Å²) in [5.41, 5.74) is -1.19. The Balaban J connectivity index is 2.25. The number of ether oxygens (including phenoxy) is 2. The van der Waals surface area contributed by atoms with E-state index in [1.807, 2.05) is 0 Å². The molecule has 1 N–H and O–H groups in total. The molecule has 1 aliphatic heterocycles. The van der Waals surface area contributed by atoms with E-state index < -0.39 is 41.0 Å². The molecule has 1 saturated heterocycles. The second-order valence-corrected chi connectivity index (χ2v) is 6.40. The van der Waals surface area contributed by atoms with Gasteiger partial charge in [0.05, 0.1) is 24.8 Å². The van der Waals surface area contributed by atoms with Crippen LogP contribution in [-0.4, -0.2) is 47.5 Å². The summed E-state index contributed by atoms with van der Waals surface area (Å²) in [6.45, 7) is 5.55. The van der Waals surface area contributed by atoms with Crippen molar-refractivity contribution < 1.29 is 28.2 Å². The highest BCUT2D eigenvalue weighted by Gasteiger charge is 2.37. The van der Waals surface area contributed by atoms with Crippen molar-refractivity contribution in [1.29, 1.82) is 0 Å². The summed E-state index contributed by atoms with van der Waals surface area (Å²) in [5, 5.41) is 10.4. The third-order valence-corrected chi connectivity index (χ3v) is 3.45. The summed E-state index contributed by atoms with van der Waals surface area (Å²) in [4.78, 5) is 13.5. The van der Waals surface area contributed by atoms with E-state index in [2.05, 4.69) is 0 Å². The number of amides is 1. The van der Waals surface area contributed by atoms with E-state index >= 15 is 0 Å². The van der Waals surface area contributed by atoms with Gasteiger partial charge in [-0.25, -0.2) is 13.6 Å². The third kappa shape index (κ3) is 4.17. The standard InChI is InChI=1S/C16H21F2NO4/c1-16(2,3)23-15(21)19-7-8-22-9-12(19)14(20)13-10(17)5-4-6-11(13)18/h4-6,12,14,20H,7-9H2,1-3H3. The monoisotopic (exact) mass is 329 g/mol. The maximum atomic E-state index is 13.9. The highest BCUT2D eigenvalue weighted by Crippen LogP contribution is 2.28. The molecule has 0 spiro atoms. The fourth-order valence-corrected chi connectivity index (χ4v) is 2.42. The van der Waals surface area contributed by atoms with Crippen LogP contribution in [0.3, 0.4) is 0 Å². The highest BCUT2D eigenvalue weighted by atomic mass is 19.1. The van der Waals surface area contributed by atoms with Crippen molar-refractivity contribution in [2.45, 2.75) is 38.5 Å². The van der Waals surface area contributed by atoms with Gasteiger partial charge in [0.2, 0.25) is 0 Å². The Labute approximate surface area is 133 Å². The van der Waals surface area contributed by atoms with Gasteiger partial charge in [0.15, 0.2) is 0 Å². The van der Waals surface area contributed by atoms with E-state index in [1.165, 1.54) is 11.0 Å². The van der Waals surface area contributed by atoms with E-state index in [-0.39, 0.29) is 19.8 Å². The molecule has 1 amide bonds. The Morgan fingerprint density at radius 3 is 2.57 bits per heavy atom. The first-order chi connectivity index (χ1) is 10.7. The fourth-order valence-electron chi connectivity index (χ4n) is 2.42. The number of hydrogen-bond donors (Lipinski definition) is 1. The van der Waals surface area contributed by atoms with Crippen LogP contribution in [-0.2, 0) is 9.47 Å². The van der Waals surface area contributed by atoms with Gasteiger partial charge >= 0.3 is 6.09 Å². The number of carbonyl (C=O) groups is 1. The number of halogens is 2. The number of aliphatic hydroxyl groups is 1. The van der Waals surface area contributed by atoms with Crippen LogP contribution in [0.5, 0.6) is 0 Å². The van der Waals surface area contributed by atoms with Gasteiger partial charge in [-0.2, -0.15) is 0 Å². The number of aliphatic hydroxyl groups excluding tert-OH is 1. The average Bonchev–Trinajstić information content (AvgIpc) is 2.45. The van der Waals surface area contributed by atoms with Crippen LogP contribution in [0.25, 0.3) is 0 Å². The molecule has 0 radical (unpaired) electrons. The van der Waals surface area contributed by atoms with Crippen LogP contribution in [0.4, 0.5) is 13.6 Å². The van der Waals surface area contributed by atoms with Crippen molar-refractivity contribution >= 4 is 6.09 Å². The fraction of sp³-hybridized carbons (Fsp3) is 0.562. The van der Waals surface area contributed by atoms with Crippen molar-refractivity contribution in [3.05, 3.63) is 35.4 Å². The zero-order valence-corrected chi connectivity index (χ0v) is 13.4. The number of morpholine rings is 1. The average molecular weight is 329 g/mol. The summed E-state index contributed by atoms with van der Waals surface area (Å²) in [6, 6.07) is 2.40. The minimum absolute atomic E-state index is 0.0335. The van der Waals surface area contributed by atoms with Gasteiger partial charge < -0.3 is 14.6 Å². The maximum Gasteiger partial charge on any atom is 0.410 e. The van der Waals surface area contributed by atoms with Crippen LogP contribution < -0.4 is 0 Å². The number of carbonyl (C=O) groups excluding carboxylic acids is 1. The molecule has 2 unspecified atom stereocenters. The molecule has 1 heterocycles. The number of rotatable bonds is 2. The number of hydrogen-bond acceptors (Lipinski definition) is 4. The first-order valence-corrected chi connectivity index (χ1v) is 7.40. The van der Waals surface area contributed by atoms with Crippen LogP contribution in [0.15, 0.2) is 18.2 Å². The van der Waals surface area contributed by atoms with E-state index in [9.17, 15) is 18.7 Å². The molecule has 0 aromatic heterocycles. The molecule has 0 aliphatic carbocycles. The molecule has 1 fully saturated rings. The molecule has 23 heavy (non-hydrogen) atoms. The lowest BCUT2D eigenvalue weighted by molar-refractivity contribution is -0.0685. The first-order valence-electron chi connectivity index (χ1n) is 7.40. The normalized spacial score (nSPS) is 20.3. The Hall–Kier alpha value is -1.73. The van der Waals surface area contributed by atoms with Gasteiger partial charge in [0.1, 0.15) is 23.3 Å². The van der Waals surface area contributed by atoms with Crippen LogP contribution >= 0.6 is 0 Å². The maximum absolute atomic E-state index is 13.9. The zero-order valence-electron chi connectivity index (χ0n) is 13.4. The van der Waals surface area contributed by atoms with Gasteiger partial charge in [-0.1, -0.05) is 6.07 Å². The smallest absolute Gasteiger partial charge is 0.410 e. The summed E-state index contributed by atoms with van der Waals surface area (Å²) in [7, 11) is 0. The predicted molar refractivity (Wildman–Crippen MR) is 78.9 cm³/mol. The SMILES string of the molecule is CC(C)(C)OC(=O)N1CCOCC1C(O)c1c(F)cccc1F. The second kappa shape index (κ2) is 6.80. The van der Waals surface area contributed by atoms with Gasteiger partial charge in [-0.15, -0.1) is 0 Å². The molecule has 2 rings (SSSR count). The summed E-state index contributed by atoms with van der Waals surface area (Å²) < 4.78 is 38.3. The summed E-state index contributed by atoms with van der Waals surface area (Å²) >= 11 is 0. The van der Waals surface area contributed by atoms with Crippen molar-refractivity contribution in [2.75, 3.05) is 19.8 Å². The number of nitrogens with zero attached hydrogens (tertiary/aromatic N) is 1. The Morgan fingerprint density at radius 2 is 2.00 bits per heavy atom. The van der Waals surface area contributed by atoms with Gasteiger partial charge in [-0.3, -0.25) is 4.90 Å². The predicted octanol–water partition coefficient (Wildman–Crippen LogP) is 2.63. The minimum Gasteiger partial charge on any atom is -0.444 e. The molecule has 2 atom stereocenters. The summed E-state index contributed by atoms with van der Waals surface area (Å²) in [6.07, 6.45) is -2.20. The van der Waals surface area contributed by atoms with E-state index in [4.69, 9.17) is 9.47 Å². The topological polar surface area (TPSA) is 59.0 Å². The molecule has 1 aromatic carbocycles. The quantitative estimate of drug-likeness (QED) is 0.906. The molecule has 0 bridgehead atoms. The Kier molecular flexibility index (Phi) is 5.21. The molecular weight excluding hydrogens is 308 g/mol. The van der Waals surface area contributed by atoms with E-state index in [0.717, 1.165) is 12.1 Å². The number of benzene rings is 1. The highest BCUT2D eigenvalue weighted by molar-refractivity contribution is 5.69. The van der Waals surface area contributed by atoms with Gasteiger partial charge in [0.25, 0.3) is 0 Å². The Morgan fingerprint density at radius 1 is 1.39 bits per heavy atom. The van der Waals surface area contributed by atoms with Crippen molar-refractivity contribution in [3.8, 4) is 0 Å². The van der Waals surface area contributed by atoms with Crippen molar-refractivity contribution in [1.82, 2.24) is 4.90 Å². The lowest BCUT2D eigenvalue weighted by atomic mass is 9.99. The Bertz CT molecular complexity index is 553. The second-order valence-electron chi connectivity index (χ2n) is 6.40. The lowest BCUT2D eigenvalue weighted by Gasteiger charge is -2.38. The third-order valence-electron chi connectivity index (χ3n) is 3.45. The van der Waals surface area contributed by atoms with Crippen LogP contribution in [0.2, 0.25) is 0 Å². The van der Waals surface area contributed by atoms with Crippen molar-refractivity contribution in [3.63, 3.8) is 0 Å². The molecule has 128 valence electrons.